The Morgan fingerprint density at radius 1 is 0.897 bits per heavy atom. The lowest BCUT2D eigenvalue weighted by atomic mass is 10.0. The molecule has 144 valence electrons. The SMILES string of the molecule is COc1cccc(C=C(C(=O)c2ccccc2)c2nc3ccccc3o2)c1OC. The van der Waals surface area contributed by atoms with Crippen molar-refractivity contribution in [3.05, 3.63) is 89.8 Å². The lowest BCUT2D eigenvalue weighted by molar-refractivity contribution is 0.105. The average Bonchev–Trinajstić information content (AvgIpc) is 3.21. The van der Waals surface area contributed by atoms with Gasteiger partial charge in [-0.05, 0) is 24.3 Å². The molecule has 0 fully saturated rings. The molecule has 5 heteroatoms. The van der Waals surface area contributed by atoms with Crippen LogP contribution in [0.4, 0.5) is 0 Å². The summed E-state index contributed by atoms with van der Waals surface area (Å²) in [6, 6.07) is 21.9. The fourth-order valence-corrected chi connectivity index (χ4v) is 3.14. The number of carbonyl (C=O) groups is 1. The number of benzene rings is 3. The summed E-state index contributed by atoms with van der Waals surface area (Å²) < 4.78 is 16.8. The van der Waals surface area contributed by atoms with Crippen LogP contribution in [-0.2, 0) is 0 Å². The fraction of sp³-hybridized carbons (Fsp3) is 0.0833. The quantitative estimate of drug-likeness (QED) is 0.334. The second-order valence-electron chi connectivity index (χ2n) is 6.32. The minimum absolute atomic E-state index is 0.193. The number of methoxy groups -OCH3 is 2. The predicted octanol–water partition coefficient (Wildman–Crippen LogP) is 5.27. The van der Waals surface area contributed by atoms with E-state index in [-0.39, 0.29) is 11.7 Å². The van der Waals surface area contributed by atoms with Crippen LogP contribution in [0, 0.1) is 0 Å². The zero-order chi connectivity index (χ0) is 20.2. The van der Waals surface area contributed by atoms with Gasteiger partial charge in [-0.3, -0.25) is 4.79 Å². The van der Waals surface area contributed by atoms with Crippen LogP contribution in [0.2, 0.25) is 0 Å². The highest BCUT2D eigenvalue weighted by molar-refractivity contribution is 6.31. The number of ketones is 1. The Kier molecular flexibility index (Phi) is 5.12. The van der Waals surface area contributed by atoms with Gasteiger partial charge >= 0.3 is 0 Å². The maximum absolute atomic E-state index is 13.3. The van der Waals surface area contributed by atoms with E-state index in [4.69, 9.17) is 13.9 Å². The number of para-hydroxylation sites is 3. The standard InChI is InChI=1S/C24H19NO4/c1-27-21-14-8-11-17(23(21)28-2)15-18(22(26)16-9-4-3-5-10-16)24-25-19-12-6-7-13-20(19)29-24/h3-15H,1-2H3. The minimum Gasteiger partial charge on any atom is -0.493 e. The number of Topliss-reactive ketones (excluding diaryl/α,β-unsaturated/α-hetero) is 1. The number of carbonyl (C=O) groups excluding carboxylic acids is 1. The highest BCUT2D eigenvalue weighted by atomic mass is 16.5. The van der Waals surface area contributed by atoms with E-state index in [1.54, 1.807) is 38.5 Å². The maximum atomic E-state index is 13.3. The number of aromatic nitrogens is 1. The van der Waals surface area contributed by atoms with E-state index in [2.05, 4.69) is 4.98 Å². The molecule has 0 aliphatic carbocycles. The first-order valence-electron chi connectivity index (χ1n) is 9.09. The Morgan fingerprint density at radius 3 is 2.38 bits per heavy atom. The number of allylic oxidation sites excluding steroid dienone is 1. The van der Waals surface area contributed by atoms with Crippen molar-refractivity contribution in [3.63, 3.8) is 0 Å². The highest BCUT2D eigenvalue weighted by Gasteiger charge is 2.21. The van der Waals surface area contributed by atoms with Crippen LogP contribution in [-0.4, -0.2) is 25.0 Å². The van der Waals surface area contributed by atoms with Crippen molar-refractivity contribution in [3.8, 4) is 11.5 Å². The third kappa shape index (κ3) is 3.62. The molecule has 1 heterocycles. The molecule has 0 amide bonds. The lowest BCUT2D eigenvalue weighted by Crippen LogP contribution is -2.03. The molecular formula is C24H19NO4. The van der Waals surface area contributed by atoms with Crippen molar-refractivity contribution in [2.45, 2.75) is 0 Å². The largest absolute Gasteiger partial charge is 0.493 e. The summed E-state index contributed by atoms with van der Waals surface area (Å²) in [5.74, 6) is 1.17. The molecule has 4 aromatic rings. The van der Waals surface area contributed by atoms with Crippen LogP contribution in [0.15, 0.2) is 77.2 Å². The molecule has 0 unspecified atom stereocenters. The molecule has 3 aromatic carbocycles. The Balaban J connectivity index is 1.91. The van der Waals surface area contributed by atoms with E-state index < -0.39 is 0 Å². The van der Waals surface area contributed by atoms with Crippen LogP contribution in [0.1, 0.15) is 21.8 Å². The van der Waals surface area contributed by atoms with Gasteiger partial charge in [0.05, 0.1) is 19.8 Å². The second-order valence-corrected chi connectivity index (χ2v) is 6.32. The van der Waals surface area contributed by atoms with Crippen LogP contribution >= 0.6 is 0 Å². The molecule has 0 bridgehead atoms. The van der Waals surface area contributed by atoms with E-state index in [0.717, 1.165) is 0 Å². The zero-order valence-electron chi connectivity index (χ0n) is 16.1. The summed E-state index contributed by atoms with van der Waals surface area (Å²) in [5, 5.41) is 0. The van der Waals surface area contributed by atoms with Gasteiger partial charge < -0.3 is 13.9 Å². The van der Waals surface area contributed by atoms with E-state index >= 15 is 0 Å². The molecule has 0 saturated heterocycles. The molecule has 5 nitrogen and oxygen atoms in total. The smallest absolute Gasteiger partial charge is 0.231 e. The summed E-state index contributed by atoms with van der Waals surface area (Å²) in [4.78, 5) is 17.9. The van der Waals surface area contributed by atoms with Crippen LogP contribution in [0.25, 0.3) is 22.7 Å². The molecule has 0 aliphatic heterocycles. The molecule has 0 saturated carbocycles. The second kappa shape index (κ2) is 8.02. The van der Waals surface area contributed by atoms with Crippen molar-refractivity contribution in [1.82, 2.24) is 4.98 Å². The zero-order valence-corrected chi connectivity index (χ0v) is 16.1. The van der Waals surface area contributed by atoms with Gasteiger partial charge in [0, 0.05) is 11.1 Å². The number of hydrogen-bond donors (Lipinski definition) is 0. The molecule has 29 heavy (non-hydrogen) atoms. The predicted molar refractivity (Wildman–Crippen MR) is 112 cm³/mol. The monoisotopic (exact) mass is 385 g/mol. The molecule has 0 radical (unpaired) electrons. The molecule has 1 aromatic heterocycles. The molecule has 4 rings (SSSR count). The normalized spacial score (nSPS) is 11.4. The number of nitrogens with zero attached hydrogens (tertiary/aromatic N) is 1. The van der Waals surface area contributed by atoms with Gasteiger partial charge in [-0.25, -0.2) is 4.98 Å². The Morgan fingerprint density at radius 2 is 1.66 bits per heavy atom. The first kappa shape index (κ1) is 18.5. The van der Waals surface area contributed by atoms with Crippen molar-refractivity contribution >= 4 is 28.5 Å². The van der Waals surface area contributed by atoms with Crippen LogP contribution < -0.4 is 9.47 Å². The number of hydrogen-bond acceptors (Lipinski definition) is 5. The van der Waals surface area contributed by atoms with Gasteiger partial charge in [0.1, 0.15) is 5.52 Å². The van der Waals surface area contributed by atoms with Crippen molar-refractivity contribution in [2.75, 3.05) is 14.2 Å². The summed E-state index contributed by atoms with van der Waals surface area (Å²) >= 11 is 0. The molecular weight excluding hydrogens is 366 g/mol. The maximum Gasteiger partial charge on any atom is 0.231 e. The van der Waals surface area contributed by atoms with E-state index in [1.165, 1.54) is 0 Å². The summed E-state index contributed by atoms with van der Waals surface area (Å²) in [6.45, 7) is 0. The number of oxazole rings is 1. The highest BCUT2D eigenvalue weighted by Crippen LogP contribution is 2.34. The average molecular weight is 385 g/mol. The first-order valence-corrected chi connectivity index (χ1v) is 9.09. The van der Waals surface area contributed by atoms with Crippen molar-refractivity contribution in [1.29, 1.82) is 0 Å². The summed E-state index contributed by atoms with van der Waals surface area (Å²) in [6.07, 6.45) is 1.72. The molecule has 0 N–H and O–H groups in total. The van der Waals surface area contributed by atoms with E-state index in [9.17, 15) is 4.79 Å². The van der Waals surface area contributed by atoms with Crippen molar-refractivity contribution < 1.29 is 18.7 Å². The Labute approximate surface area is 168 Å². The van der Waals surface area contributed by atoms with E-state index in [0.29, 0.717) is 39.3 Å². The number of fused-ring (bicyclic) bond motifs is 1. The molecule has 0 spiro atoms. The van der Waals surface area contributed by atoms with Gasteiger partial charge in [0.15, 0.2) is 22.9 Å². The topological polar surface area (TPSA) is 61.6 Å². The van der Waals surface area contributed by atoms with Crippen LogP contribution in [0.5, 0.6) is 11.5 Å². The molecule has 0 atom stereocenters. The molecule has 0 aliphatic rings. The Hall–Kier alpha value is -3.86. The van der Waals surface area contributed by atoms with Gasteiger partial charge in [0.25, 0.3) is 0 Å². The van der Waals surface area contributed by atoms with Gasteiger partial charge in [-0.15, -0.1) is 0 Å². The summed E-state index contributed by atoms with van der Waals surface area (Å²) in [7, 11) is 3.13. The number of rotatable bonds is 6. The van der Waals surface area contributed by atoms with Gasteiger partial charge in [-0.2, -0.15) is 0 Å². The van der Waals surface area contributed by atoms with Crippen molar-refractivity contribution in [2.24, 2.45) is 0 Å². The van der Waals surface area contributed by atoms with E-state index in [1.807, 2.05) is 54.6 Å². The third-order valence-electron chi connectivity index (χ3n) is 4.54. The Bertz CT molecular complexity index is 1160. The van der Waals surface area contributed by atoms with Gasteiger partial charge in [-0.1, -0.05) is 54.6 Å². The third-order valence-corrected chi connectivity index (χ3v) is 4.54. The number of ether oxygens (including phenoxy) is 2. The minimum atomic E-state index is -0.193. The van der Waals surface area contributed by atoms with Crippen LogP contribution in [0.3, 0.4) is 0 Å². The summed E-state index contributed by atoms with van der Waals surface area (Å²) in [5.41, 5.74) is 2.87. The fourth-order valence-electron chi connectivity index (χ4n) is 3.14. The lowest BCUT2D eigenvalue weighted by Gasteiger charge is -2.11. The first-order chi connectivity index (χ1) is 14.2. The van der Waals surface area contributed by atoms with Gasteiger partial charge in [0.2, 0.25) is 5.89 Å².